The van der Waals surface area contributed by atoms with Crippen LogP contribution in [0.4, 0.5) is 0 Å². The molecule has 0 bridgehead atoms. The van der Waals surface area contributed by atoms with E-state index in [1.807, 2.05) is 17.5 Å². The van der Waals surface area contributed by atoms with Gasteiger partial charge in [-0.2, -0.15) is 0 Å². The predicted molar refractivity (Wildman–Crippen MR) is 84.9 cm³/mol. The first-order chi connectivity index (χ1) is 10.1. The number of nitrogens with one attached hydrogen (secondary N) is 1. The minimum Gasteiger partial charge on any atom is -0.478 e. The Morgan fingerprint density at radius 2 is 2.05 bits per heavy atom. The van der Waals surface area contributed by atoms with Gasteiger partial charge in [0.05, 0.1) is 17.4 Å². The number of amides is 1. The molecule has 0 aliphatic rings. The molecular formula is C15H15NO3S2. The lowest BCUT2D eigenvalue weighted by Gasteiger charge is -2.13. The second-order valence-electron chi connectivity index (χ2n) is 4.36. The molecule has 0 radical (unpaired) electrons. The van der Waals surface area contributed by atoms with Gasteiger partial charge in [-0.25, -0.2) is 4.79 Å². The number of thioether (sulfide) groups is 1. The summed E-state index contributed by atoms with van der Waals surface area (Å²) < 4.78 is 0. The number of carboxylic acids is 1. The van der Waals surface area contributed by atoms with Crippen LogP contribution in [0.25, 0.3) is 0 Å². The topological polar surface area (TPSA) is 66.4 Å². The van der Waals surface area contributed by atoms with Crippen molar-refractivity contribution in [2.75, 3.05) is 0 Å². The van der Waals surface area contributed by atoms with Crippen LogP contribution in [0.5, 0.6) is 0 Å². The molecule has 0 aliphatic carbocycles. The molecule has 6 heteroatoms. The van der Waals surface area contributed by atoms with Gasteiger partial charge in [0.2, 0.25) is 5.91 Å². The third-order valence-electron chi connectivity index (χ3n) is 2.81. The Morgan fingerprint density at radius 1 is 1.29 bits per heavy atom. The van der Waals surface area contributed by atoms with Crippen molar-refractivity contribution in [1.29, 1.82) is 0 Å². The zero-order valence-corrected chi connectivity index (χ0v) is 13.0. The van der Waals surface area contributed by atoms with Crippen LogP contribution in [-0.2, 0) is 11.3 Å². The van der Waals surface area contributed by atoms with Crippen molar-refractivity contribution in [3.63, 3.8) is 0 Å². The maximum Gasteiger partial charge on any atom is 0.336 e. The van der Waals surface area contributed by atoms with Crippen LogP contribution in [0, 0.1) is 0 Å². The molecule has 2 N–H and O–H groups in total. The number of carbonyl (C=O) groups excluding carboxylic acids is 1. The van der Waals surface area contributed by atoms with Gasteiger partial charge < -0.3 is 10.4 Å². The van der Waals surface area contributed by atoms with Crippen LogP contribution in [0.15, 0.2) is 46.7 Å². The number of carboxylic acid groups (broad SMARTS) is 1. The molecule has 2 aromatic rings. The summed E-state index contributed by atoms with van der Waals surface area (Å²) in [5.41, 5.74) is 0.223. The molecule has 1 atom stereocenters. The molecule has 110 valence electrons. The van der Waals surface area contributed by atoms with Crippen molar-refractivity contribution < 1.29 is 14.7 Å². The monoisotopic (exact) mass is 321 g/mol. The highest BCUT2D eigenvalue weighted by atomic mass is 32.2. The summed E-state index contributed by atoms with van der Waals surface area (Å²) in [5, 5.41) is 13.6. The van der Waals surface area contributed by atoms with Gasteiger partial charge >= 0.3 is 5.97 Å². The highest BCUT2D eigenvalue weighted by molar-refractivity contribution is 8.00. The number of rotatable bonds is 6. The Labute approximate surface area is 131 Å². The number of benzene rings is 1. The number of carbonyl (C=O) groups is 2. The van der Waals surface area contributed by atoms with E-state index in [1.165, 1.54) is 11.8 Å². The summed E-state index contributed by atoms with van der Waals surface area (Å²) in [7, 11) is 0. The Morgan fingerprint density at radius 3 is 2.71 bits per heavy atom. The maximum atomic E-state index is 12.0. The van der Waals surface area contributed by atoms with Crippen LogP contribution in [0.2, 0.25) is 0 Å². The smallest absolute Gasteiger partial charge is 0.336 e. The fourth-order valence-corrected chi connectivity index (χ4v) is 3.38. The van der Waals surface area contributed by atoms with Crippen molar-refractivity contribution >= 4 is 35.0 Å². The lowest BCUT2D eigenvalue weighted by atomic mass is 10.2. The van der Waals surface area contributed by atoms with Crippen molar-refractivity contribution in [2.24, 2.45) is 0 Å². The molecule has 1 heterocycles. The molecule has 1 aromatic heterocycles. The van der Waals surface area contributed by atoms with E-state index in [2.05, 4.69) is 5.32 Å². The van der Waals surface area contributed by atoms with Gasteiger partial charge in [-0.05, 0) is 30.5 Å². The minimum atomic E-state index is -0.982. The van der Waals surface area contributed by atoms with E-state index >= 15 is 0 Å². The first-order valence-electron chi connectivity index (χ1n) is 6.37. The van der Waals surface area contributed by atoms with Crippen LogP contribution < -0.4 is 5.32 Å². The van der Waals surface area contributed by atoms with E-state index in [1.54, 1.807) is 42.5 Å². The fraction of sp³-hybridized carbons (Fsp3) is 0.200. The SMILES string of the molecule is C[C@H](Sc1ccccc1C(=O)O)C(=O)NCc1cccs1. The van der Waals surface area contributed by atoms with E-state index in [9.17, 15) is 9.59 Å². The third-order valence-corrected chi connectivity index (χ3v) is 4.86. The summed E-state index contributed by atoms with van der Waals surface area (Å²) in [5.74, 6) is -1.09. The molecule has 4 nitrogen and oxygen atoms in total. The summed E-state index contributed by atoms with van der Waals surface area (Å²) in [4.78, 5) is 24.9. The second-order valence-corrected chi connectivity index (χ2v) is 6.77. The van der Waals surface area contributed by atoms with Gasteiger partial charge in [-0.15, -0.1) is 23.1 Å². The molecule has 21 heavy (non-hydrogen) atoms. The van der Waals surface area contributed by atoms with Crippen molar-refractivity contribution in [3.05, 3.63) is 52.2 Å². The van der Waals surface area contributed by atoms with Crippen LogP contribution in [0.1, 0.15) is 22.2 Å². The standard InChI is InChI=1S/C15H15NO3S2/c1-10(14(17)16-9-11-5-4-8-20-11)21-13-7-3-2-6-12(13)15(18)19/h2-8,10H,9H2,1H3,(H,16,17)(H,18,19)/t10-/m0/s1. The van der Waals surface area contributed by atoms with Gasteiger partial charge in [0.25, 0.3) is 0 Å². The summed E-state index contributed by atoms with van der Waals surface area (Å²) in [6, 6.07) is 10.6. The summed E-state index contributed by atoms with van der Waals surface area (Å²) >= 11 is 2.84. The highest BCUT2D eigenvalue weighted by Crippen LogP contribution is 2.27. The first kappa shape index (κ1) is 15.6. The van der Waals surface area contributed by atoms with Gasteiger partial charge in [-0.3, -0.25) is 4.79 Å². The second kappa shape index (κ2) is 7.28. The molecule has 1 amide bonds. The Bertz CT molecular complexity index is 626. The lowest BCUT2D eigenvalue weighted by molar-refractivity contribution is -0.120. The van der Waals surface area contributed by atoms with E-state index in [-0.39, 0.29) is 16.7 Å². The molecule has 0 spiro atoms. The molecule has 0 saturated heterocycles. The summed E-state index contributed by atoms with van der Waals surface area (Å²) in [6.07, 6.45) is 0. The van der Waals surface area contributed by atoms with Gasteiger partial charge in [0.15, 0.2) is 0 Å². The Balaban J connectivity index is 1.96. The van der Waals surface area contributed by atoms with E-state index < -0.39 is 5.97 Å². The van der Waals surface area contributed by atoms with Crippen molar-refractivity contribution in [2.45, 2.75) is 23.6 Å². The molecule has 0 unspecified atom stereocenters. The van der Waals surface area contributed by atoms with Gasteiger partial charge in [0, 0.05) is 9.77 Å². The highest BCUT2D eigenvalue weighted by Gasteiger charge is 2.18. The van der Waals surface area contributed by atoms with Crippen LogP contribution in [-0.4, -0.2) is 22.2 Å². The first-order valence-corrected chi connectivity index (χ1v) is 8.13. The van der Waals surface area contributed by atoms with Crippen molar-refractivity contribution in [1.82, 2.24) is 5.32 Å². The van der Waals surface area contributed by atoms with E-state index in [4.69, 9.17) is 5.11 Å². The molecule has 0 fully saturated rings. The average Bonchev–Trinajstić information content (AvgIpc) is 2.98. The molecule has 0 saturated carbocycles. The number of thiophene rings is 1. The van der Waals surface area contributed by atoms with Crippen molar-refractivity contribution in [3.8, 4) is 0 Å². The maximum absolute atomic E-state index is 12.0. The number of hydrogen-bond acceptors (Lipinski definition) is 4. The lowest BCUT2D eigenvalue weighted by Crippen LogP contribution is -2.30. The molecular weight excluding hydrogens is 306 g/mol. The molecule has 2 rings (SSSR count). The summed E-state index contributed by atoms with van der Waals surface area (Å²) in [6.45, 7) is 2.27. The largest absolute Gasteiger partial charge is 0.478 e. The third kappa shape index (κ3) is 4.34. The average molecular weight is 321 g/mol. The fourth-order valence-electron chi connectivity index (χ4n) is 1.72. The zero-order valence-electron chi connectivity index (χ0n) is 11.4. The van der Waals surface area contributed by atoms with E-state index in [0.717, 1.165) is 4.88 Å². The Kier molecular flexibility index (Phi) is 5.41. The normalized spacial score (nSPS) is 11.9. The Hall–Kier alpha value is -1.79. The van der Waals surface area contributed by atoms with E-state index in [0.29, 0.717) is 11.4 Å². The zero-order chi connectivity index (χ0) is 15.2. The van der Waals surface area contributed by atoms with Gasteiger partial charge in [-0.1, -0.05) is 18.2 Å². The van der Waals surface area contributed by atoms with Crippen LogP contribution >= 0.6 is 23.1 Å². The molecule has 0 aliphatic heterocycles. The number of aromatic carboxylic acids is 1. The minimum absolute atomic E-state index is 0.103. The van der Waals surface area contributed by atoms with Gasteiger partial charge in [0.1, 0.15) is 0 Å². The van der Waals surface area contributed by atoms with Crippen LogP contribution in [0.3, 0.4) is 0 Å². The predicted octanol–water partition coefficient (Wildman–Crippen LogP) is 3.24. The quantitative estimate of drug-likeness (QED) is 0.802. The molecule has 1 aromatic carbocycles. The number of hydrogen-bond donors (Lipinski definition) is 2.